The minimum atomic E-state index is 0.491. The number of aromatic nitrogens is 2. The average molecular weight is 273 g/mol. The van der Waals surface area contributed by atoms with Crippen molar-refractivity contribution in [2.45, 2.75) is 40.0 Å². The van der Waals surface area contributed by atoms with Crippen LogP contribution in [0.2, 0.25) is 0 Å². The van der Waals surface area contributed by atoms with Gasteiger partial charge in [0.25, 0.3) is 0 Å². The Morgan fingerprint density at radius 2 is 2.05 bits per heavy atom. The van der Waals surface area contributed by atoms with E-state index < -0.39 is 0 Å². The van der Waals surface area contributed by atoms with E-state index in [4.69, 9.17) is 10.3 Å². The fourth-order valence-corrected chi connectivity index (χ4v) is 2.05. The maximum atomic E-state index is 5.60. The van der Waals surface area contributed by atoms with E-state index in [9.17, 15) is 0 Å². The fourth-order valence-electron chi connectivity index (χ4n) is 2.05. The molecule has 2 rings (SSSR count). The summed E-state index contributed by atoms with van der Waals surface area (Å²) >= 11 is 0. The monoisotopic (exact) mass is 273 g/mol. The third-order valence-corrected chi connectivity index (χ3v) is 3.70. The lowest BCUT2D eigenvalue weighted by Gasteiger charge is -2.04. The Labute approximate surface area is 120 Å². The average Bonchev–Trinajstić information content (AvgIpc) is 2.88. The second kappa shape index (κ2) is 6.66. The molecule has 4 nitrogen and oxygen atoms in total. The molecule has 0 aliphatic carbocycles. The highest BCUT2D eigenvalue weighted by Crippen LogP contribution is 2.13. The molecule has 0 spiro atoms. The lowest BCUT2D eigenvalue weighted by Crippen LogP contribution is -2.11. The van der Waals surface area contributed by atoms with Crippen LogP contribution in [0.1, 0.15) is 41.8 Å². The second-order valence-corrected chi connectivity index (χ2v) is 5.58. The van der Waals surface area contributed by atoms with Crippen molar-refractivity contribution >= 4 is 0 Å². The van der Waals surface area contributed by atoms with Gasteiger partial charge in [-0.05, 0) is 49.4 Å². The quantitative estimate of drug-likeness (QED) is 0.879. The van der Waals surface area contributed by atoms with E-state index in [1.165, 1.54) is 16.7 Å². The van der Waals surface area contributed by atoms with Crippen LogP contribution in [0.25, 0.3) is 0 Å². The Hall–Kier alpha value is -1.68. The summed E-state index contributed by atoms with van der Waals surface area (Å²) in [6.07, 6.45) is 2.51. The maximum absolute atomic E-state index is 5.60. The Kier molecular flexibility index (Phi) is 4.90. The molecule has 0 radical (unpaired) electrons. The molecule has 2 aromatic rings. The summed E-state index contributed by atoms with van der Waals surface area (Å²) in [6, 6.07) is 6.44. The van der Waals surface area contributed by atoms with Gasteiger partial charge >= 0.3 is 0 Å². The van der Waals surface area contributed by atoms with Crippen LogP contribution in [0.3, 0.4) is 0 Å². The van der Waals surface area contributed by atoms with Gasteiger partial charge in [0.1, 0.15) is 0 Å². The third-order valence-electron chi connectivity index (χ3n) is 3.70. The molecule has 0 fully saturated rings. The highest BCUT2D eigenvalue weighted by Gasteiger charge is 2.09. The summed E-state index contributed by atoms with van der Waals surface area (Å²) < 4.78 is 5.28. The SMILES string of the molecule is Cc1ccc(Cc2noc(CCC(C)CN)n2)cc1C. The first-order valence-electron chi connectivity index (χ1n) is 7.16. The van der Waals surface area contributed by atoms with E-state index >= 15 is 0 Å². The number of hydrogen-bond donors (Lipinski definition) is 1. The van der Waals surface area contributed by atoms with Crippen molar-refractivity contribution in [3.63, 3.8) is 0 Å². The standard InChI is InChI=1S/C16H23N3O/c1-11(10-17)4-7-16-18-15(19-20-16)9-14-6-5-12(2)13(3)8-14/h5-6,8,11H,4,7,9-10,17H2,1-3H3. The van der Waals surface area contributed by atoms with Crippen molar-refractivity contribution in [2.24, 2.45) is 11.7 Å². The van der Waals surface area contributed by atoms with Gasteiger partial charge in [0, 0.05) is 12.8 Å². The topological polar surface area (TPSA) is 64.9 Å². The number of benzene rings is 1. The second-order valence-electron chi connectivity index (χ2n) is 5.58. The molecule has 2 N–H and O–H groups in total. The van der Waals surface area contributed by atoms with Gasteiger partial charge < -0.3 is 10.3 Å². The minimum Gasteiger partial charge on any atom is -0.339 e. The molecule has 20 heavy (non-hydrogen) atoms. The highest BCUT2D eigenvalue weighted by molar-refractivity contribution is 5.31. The summed E-state index contributed by atoms with van der Waals surface area (Å²) in [5.74, 6) is 1.96. The summed E-state index contributed by atoms with van der Waals surface area (Å²) in [5.41, 5.74) is 9.42. The molecule has 1 aromatic heterocycles. The molecule has 1 atom stereocenters. The van der Waals surface area contributed by atoms with Gasteiger partial charge in [-0.3, -0.25) is 0 Å². The van der Waals surface area contributed by atoms with Crippen molar-refractivity contribution in [1.29, 1.82) is 0 Å². The first-order valence-corrected chi connectivity index (χ1v) is 7.16. The number of nitrogens with two attached hydrogens (primary N) is 1. The zero-order valence-electron chi connectivity index (χ0n) is 12.5. The molecular formula is C16H23N3O. The maximum Gasteiger partial charge on any atom is 0.226 e. The first-order chi connectivity index (χ1) is 9.58. The van der Waals surface area contributed by atoms with Gasteiger partial charge in [-0.25, -0.2) is 0 Å². The molecule has 0 bridgehead atoms. The molecule has 0 aliphatic heterocycles. The van der Waals surface area contributed by atoms with Crippen LogP contribution in [0.15, 0.2) is 22.7 Å². The van der Waals surface area contributed by atoms with Crippen molar-refractivity contribution < 1.29 is 4.52 Å². The van der Waals surface area contributed by atoms with E-state index in [2.05, 4.69) is 49.1 Å². The molecule has 1 unspecified atom stereocenters. The number of rotatable bonds is 6. The molecule has 108 valence electrons. The Morgan fingerprint density at radius 3 is 2.75 bits per heavy atom. The third kappa shape index (κ3) is 3.90. The molecule has 1 aromatic carbocycles. The van der Waals surface area contributed by atoms with Crippen molar-refractivity contribution in [3.05, 3.63) is 46.6 Å². The summed E-state index contributed by atoms with van der Waals surface area (Å²) in [6.45, 7) is 7.06. The summed E-state index contributed by atoms with van der Waals surface area (Å²) in [4.78, 5) is 4.45. The predicted octanol–water partition coefficient (Wildman–Crippen LogP) is 2.80. The van der Waals surface area contributed by atoms with Gasteiger partial charge in [-0.15, -0.1) is 0 Å². The first kappa shape index (κ1) is 14.7. The number of aryl methyl sites for hydroxylation is 3. The minimum absolute atomic E-state index is 0.491. The van der Waals surface area contributed by atoms with Crippen LogP contribution in [-0.4, -0.2) is 16.7 Å². The molecule has 0 aliphatic rings. The predicted molar refractivity (Wildman–Crippen MR) is 79.6 cm³/mol. The molecule has 0 saturated carbocycles. The van der Waals surface area contributed by atoms with E-state index in [-0.39, 0.29) is 0 Å². The van der Waals surface area contributed by atoms with Crippen LogP contribution in [0, 0.1) is 19.8 Å². The van der Waals surface area contributed by atoms with E-state index in [0.29, 0.717) is 18.4 Å². The largest absolute Gasteiger partial charge is 0.339 e. The normalized spacial score (nSPS) is 12.6. The molecule has 4 heteroatoms. The van der Waals surface area contributed by atoms with Crippen LogP contribution in [0.5, 0.6) is 0 Å². The van der Waals surface area contributed by atoms with E-state index in [0.717, 1.165) is 25.1 Å². The molecule has 0 amide bonds. The van der Waals surface area contributed by atoms with Gasteiger partial charge in [0.15, 0.2) is 5.82 Å². The van der Waals surface area contributed by atoms with Gasteiger partial charge in [0.05, 0.1) is 0 Å². The van der Waals surface area contributed by atoms with Gasteiger partial charge in [0.2, 0.25) is 5.89 Å². The Bertz CT molecular complexity index is 563. The van der Waals surface area contributed by atoms with Crippen LogP contribution >= 0.6 is 0 Å². The smallest absolute Gasteiger partial charge is 0.226 e. The van der Waals surface area contributed by atoms with Crippen molar-refractivity contribution in [3.8, 4) is 0 Å². The zero-order valence-corrected chi connectivity index (χ0v) is 12.5. The Morgan fingerprint density at radius 1 is 1.25 bits per heavy atom. The molecular weight excluding hydrogens is 250 g/mol. The van der Waals surface area contributed by atoms with Gasteiger partial charge in [-0.2, -0.15) is 4.98 Å². The number of hydrogen-bond acceptors (Lipinski definition) is 4. The van der Waals surface area contributed by atoms with Gasteiger partial charge in [-0.1, -0.05) is 30.3 Å². The molecule has 1 heterocycles. The van der Waals surface area contributed by atoms with Crippen LogP contribution in [-0.2, 0) is 12.8 Å². The molecule has 0 saturated heterocycles. The summed E-state index contributed by atoms with van der Waals surface area (Å²) in [7, 11) is 0. The summed E-state index contributed by atoms with van der Waals surface area (Å²) in [5, 5.41) is 4.05. The zero-order chi connectivity index (χ0) is 14.5. The van der Waals surface area contributed by atoms with Crippen LogP contribution in [0.4, 0.5) is 0 Å². The Balaban J connectivity index is 1.96. The lowest BCUT2D eigenvalue weighted by molar-refractivity contribution is 0.362. The van der Waals surface area contributed by atoms with E-state index in [1.807, 2.05) is 0 Å². The van der Waals surface area contributed by atoms with E-state index in [1.54, 1.807) is 0 Å². The van der Waals surface area contributed by atoms with Crippen molar-refractivity contribution in [1.82, 2.24) is 10.1 Å². The lowest BCUT2D eigenvalue weighted by atomic mass is 10.0. The number of nitrogens with zero attached hydrogens (tertiary/aromatic N) is 2. The van der Waals surface area contributed by atoms with Crippen LogP contribution < -0.4 is 5.73 Å². The fraction of sp³-hybridized carbons (Fsp3) is 0.500. The highest BCUT2D eigenvalue weighted by atomic mass is 16.5. The van der Waals surface area contributed by atoms with Crippen molar-refractivity contribution in [2.75, 3.05) is 6.54 Å².